The van der Waals surface area contributed by atoms with Crippen molar-refractivity contribution in [3.05, 3.63) is 27.3 Å². The number of anilines is 1. The second kappa shape index (κ2) is 5.87. The molecule has 2 nitrogen and oxygen atoms in total. The summed E-state index contributed by atoms with van der Waals surface area (Å²) in [4.78, 5) is 0. The van der Waals surface area contributed by atoms with Crippen molar-refractivity contribution in [2.24, 2.45) is 5.92 Å². The first-order chi connectivity index (χ1) is 7.75. The molecular formula is C13H18INO. The summed E-state index contributed by atoms with van der Waals surface area (Å²) in [6.45, 7) is 5.08. The Morgan fingerprint density at radius 3 is 2.81 bits per heavy atom. The molecule has 1 saturated heterocycles. The monoisotopic (exact) mass is 331 g/mol. The van der Waals surface area contributed by atoms with Crippen LogP contribution >= 0.6 is 22.6 Å². The van der Waals surface area contributed by atoms with Crippen molar-refractivity contribution in [3.8, 4) is 0 Å². The highest BCUT2D eigenvalue weighted by molar-refractivity contribution is 14.1. The van der Waals surface area contributed by atoms with E-state index in [9.17, 15) is 0 Å². The molecule has 2 rings (SSSR count). The fourth-order valence-electron chi connectivity index (χ4n) is 1.97. The Morgan fingerprint density at radius 2 is 2.12 bits per heavy atom. The molecule has 0 saturated carbocycles. The van der Waals surface area contributed by atoms with Gasteiger partial charge < -0.3 is 10.1 Å². The number of ether oxygens (including phenoxy) is 1. The van der Waals surface area contributed by atoms with Gasteiger partial charge in [0.1, 0.15) is 0 Å². The minimum absolute atomic E-state index is 0.772. The van der Waals surface area contributed by atoms with Gasteiger partial charge in [-0.15, -0.1) is 0 Å². The molecule has 1 aromatic rings. The van der Waals surface area contributed by atoms with Crippen molar-refractivity contribution in [2.75, 3.05) is 25.1 Å². The van der Waals surface area contributed by atoms with Crippen molar-refractivity contribution in [3.63, 3.8) is 0 Å². The van der Waals surface area contributed by atoms with Crippen LogP contribution in [0.4, 0.5) is 5.69 Å². The number of benzene rings is 1. The Bertz CT molecular complexity index is 348. The van der Waals surface area contributed by atoms with Crippen LogP contribution in [0.2, 0.25) is 0 Å². The van der Waals surface area contributed by atoms with Crippen molar-refractivity contribution >= 4 is 28.3 Å². The summed E-state index contributed by atoms with van der Waals surface area (Å²) < 4.78 is 6.69. The maximum absolute atomic E-state index is 5.36. The Kier molecular flexibility index (Phi) is 4.46. The zero-order valence-electron chi connectivity index (χ0n) is 9.63. The Labute approximate surface area is 111 Å². The SMILES string of the molecule is Cc1cc(NCC2CCOCC2)ccc1I. The lowest BCUT2D eigenvalue weighted by atomic mass is 10.0. The van der Waals surface area contributed by atoms with Crippen LogP contribution in [0.15, 0.2) is 18.2 Å². The highest BCUT2D eigenvalue weighted by atomic mass is 127. The van der Waals surface area contributed by atoms with Gasteiger partial charge in [0.25, 0.3) is 0 Å². The van der Waals surface area contributed by atoms with E-state index in [0.29, 0.717) is 0 Å². The third-order valence-electron chi connectivity index (χ3n) is 3.09. The average Bonchev–Trinajstić information content (AvgIpc) is 2.32. The summed E-state index contributed by atoms with van der Waals surface area (Å²) in [6.07, 6.45) is 2.38. The van der Waals surface area contributed by atoms with E-state index in [1.54, 1.807) is 0 Å². The molecule has 3 heteroatoms. The molecule has 1 fully saturated rings. The maximum atomic E-state index is 5.36. The Morgan fingerprint density at radius 1 is 1.38 bits per heavy atom. The fourth-order valence-corrected chi connectivity index (χ4v) is 2.30. The molecule has 0 aromatic heterocycles. The third-order valence-corrected chi connectivity index (χ3v) is 4.30. The molecule has 0 spiro atoms. The number of nitrogens with one attached hydrogen (secondary N) is 1. The van der Waals surface area contributed by atoms with Crippen molar-refractivity contribution in [1.82, 2.24) is 0 Å². The van der Waals surface area contributed by atoms with Crippen LogP contribution < -0.4 is 5.32 Å². The van der Waals surface area contributed by atoms with Gasteiger partial charge in [-0.3, -0.25) is 0 Å². The van der Waals surface area contributed by atoms with E-state index in [1.807, 2.05) is 0 Å². The Balaban J connectivity index is 1.86. The van der Waals surface area contributed by atoms with E-state index in [2.05, 4.69) is 53.0 Å². The molecular weight excluding hydrogens is 313 g/mol. The average molecular weight is 331 g/mol. The van der Waals surface area contributed by atoms with Crippen molar-refractivity contribution < 1.29 is 4.74 Å². The predicted octanol–water partition coefficient (Wildman–Crippen LogP) is 3.44. The normalized spacial score (nSPS) is 17.4. The molecule has 0 unspecified atom stereocenters. The lowest BCUT2D eigenvalue weighted by Crippen LogP contribution is -2.22. The Hall–Kier alpha value is -0.290. The smallest absolute Gasteiger partial charge is 0.0469 e. The first kappa shape index (κ1) is 12.2. The largest absolute Gasteiger partial charge is 0.385 e. The first-order valence-electron chi connectivity index (χ1n) is 5.83. The summed E-state index contributed by atoms with van der Waals surface area (Å²) in [5, 5.41) is 3.52. The van der Waals surface area contributed by atoms with Gasteiger partial charge in [0.15, 0.2) is 0 Å². The number of hydrogen-bond donors (Lipinski definition) is 1. The van der Waals surface area contributed by atoms with E-state index in [4.69, 9.17) is 4.74 Å². The molecule has 0 bridgehead atoms. The number of hydrogen-bond acceptors (Lipinski definition) is 2. The number of halogens is 1. The van der Waals surface area contributed by atoms with Gasteiger partial charge in [-0.05, 0) is 72.0 Å². The van der Waals surface area contributed by atoms with Crippen LogP contribution in [-0.2, 0) is 4.74 Å². The molecule has 1 N–H and O–H groups in total. The van der Waals surface area contributed by atoms with Gasteiger partial charge >= 0.3 is 0 Å². The third kappa shape index (κ3) is 3.35. The second-order valence-electron chi connectivity index (χ2n) is 4.40. The van der Waals surface area contributed by atoms with Gasteiger partial charge in [0, 0.05) is 29.0 Å². The fraction of sp³-hybridized carbons (Fsp3) is 0.538. The van der Waals surface area contributed by atoms with Crippen LogP contribution in [-0.4, -0.2) is 19.8 Å². The van der Waals surface area contributed by atoms with Crippen LogP contribution in [0.1, 0.15) is 18.4 Å². The zero-order chi connectivity index (χ0) is 11.4. The van der Waals surface area contributed by atoms with Crippen molar-refractivity contribution in [2.45, 2.75) is 19.8 Å². The van der Waals surface area contributed by atoms with Gasteiger partial charge in [-0.2, -0.15) is 0 Å². The minimum atomic E-state index is 0.772. The van der Waals surface area contributed by atoms with Gasteiger partial charge in [-0.1, -0.05) is 0 Å². The van der Waals surface area contributed by atoms with Gasteiger partial charge in [0.2, 0.25) is 0 Å². The van der Waals surface area contributed by atoms with Gasteiger partial charge in [-0.25, -0.2) is 0 Å². The number of aryl methyl sites for hydroxylation is 1. The number of rotatable bonds is 3. The molecule has 0 aliphatic carbocycles. The molecule has 1 heterocycles. The van der Waals surface area contributed by atoms with E-state index >= 15 is 0 Å². The maximum Gasteiger partial charge on any atom is 0.0469 e. The molecule has 0 amide bonds. The standard InChI is InChI=1S/C13H18INO/c1-10-8-12(2-3-13(10)14)15-9-11-4-6-16-7-5-11/h2-3,8,11,15H,4-7,9H2,1H3. The van der Waals surface area contributed by atoms with E-state index in [-0.39, 0.29) is 0 Å². The summed E-state index contributed by atoms with van der Waals surface area (Å²) in [6, 6.07) is 6.55. The van der Waals surface area contributed by atoms with Crippen LogP contribution in [0.25, 0.3) is 0 Å². The van der Waals surface area contributed by atoms with Crippen LogP contribution in [0.3, 0.4) is 0 Å². The van der Waals surface area contributed by atoms with E-state index in [1.165, 1.54) is 27.7 Å². The molecule has 1 aliphatic rings. The zero-order valence-corrected chi connectivity index (χ0v) is 11.8. The molecule has 0 atom stereocenters. The van der Waals surface area contributed by atoms with Gasteiger partial charge in [0.05, 0.1) is 0 Å². The molecule has 88 valence electrons. The van der Waals surface area contributed by atoms with Crippen molar-refractivity contribution in [1.29, 1.82) is 0 Å². The topological polar surface area (TPSA) is 21.3 Å². The van der Waals surface area contributed by atoms with Crippen LogP contribution in [0, 0.1) is 16.4 Å². The summed E-state index contributed by atoms with van der Waals surface area (Å²) in [5.74, 6) is 0.772. The quantitative estimate of drug-likeness (QED) is 0.857. The van der Waals surface area contributed by atoms with Crippen LogP contribution in [0.5, 0.6) is 0 Å². The summed E-state index contributed by atoms with van der Waals surface area (Å²) >= 11 is 2.37. The predicted molar refractivity (Wildman–Crippen MR) is 75.9 cm³/mol. The van der Waals surface area contributed by atoms with E-state index in [0.717, 1.165) is 25.7 Å². The lowest BCUT2D eigenvalue weighted by Gasteiger charge is -2.22. The highest BCUT2D eigenvalue weighted by Crippen LogP contribution is 2.19. The second-order valence-corrected chi connectivity index (χ2v) is 5.56. The summed E-state index contributed by atoms with van der Waals surface area (Å²) in [7, 11) is 0. The van der Waals surface area contributed by atoms with E-state index < -0.39 is 0 Å². The highest BCUT2D eigenvalue weighted by Gasteiger charge is 2.13. The molecule has 16 heavy (non-hydrogen) atoms. The minimum Gasteiger partial charge on any atom is -0.385 e. The first-order valence-corrected chi connectivity index (χ1v) is 6.91. The summed E-state index contributed by atoms with van der Waals surface area (Å²) in [5.41, 5.74) is 2.59. The molecule has 0 radical (unpaired) electrons. The molecule has 1 aromatic carbocycles. The molecule has 1 aliphatic heterocycles. The lowest BCUT2D eigenvalue weighted by molar-refractivity contribution is 0.0699.